The number of anilines is 2. The molecule has 3 aromatic rings. The number of alkyl halides is 3. The smallest absolute Gasteiger partial charge is 0.421 e. The number of carbonyl (C=O) groups excluding carboxylic acids is 1. The van der Waals surface area contributed by atoms with Crippen molar-refractivity contribution in [2.24, 2.45) is 0 Å². The third kappa shape index (κ3) is 6.72. The first-order chi connectivity index (χ1) is 22.5. The highest BCUT2D eigenvalue weighted by Crippen LogP contribution is 2.36. The Bertz CT molecular complexity index is 1700. The Balaban J connectivity index is 1.35. The largest absolute Gasteiger partial charge is 0.462 e. The van der Waals surface area contributed by atoms with E-state index >= 15 is 0 Å². The number of hydrogen-bond donors (Lipinski definition) is 0. The van der Waals surface area contributed by atoms with Gasteiger partial charge in [0.1, 0.15) is 18.0 Å². The zero-order chi connectivity index (χ0) is 33.3. The summed E-state index contributed by atoms with van der Waals surface area (Å²) in [6.45, 7) is 8.32. The Morgan fingerprint density at radius 1 is 1.06 bits per heavy atom. The van der Waals surface area contributed by atoms with Crippen molar-refractivity contribution < 1.29 is 22.7 Å². The van der Waals surface area contributed by atoms with E-state index in [0.717, 1.165) is 54.2 Å². The molecule has 0 unspecified atom stereocenters. The summed E-state index contributed by atoms with van der Waals surface area (Å²) in [5, 5.41) is 11.9. The lowest BCUT2D eigenvalue weighted by Crippen LogP contribution is -2.56. The van der Waals surface area contributed by atoms with Gasteiger partial charge in [-0.3, -0.25) is 4.79 Å². The normalized spacial score (nSPS) is 20.6. The van der Waals surface area contributed by atoms with E-state index in [2.05, 4.69) is 72.8 Å². The molecule has 6 rings (SSSR count). The highest BCUT2D eigenvalue weighted by molar-refractivity contribution is 5.97. The van der Waals surface area contributed by atoms with Crippen molar-refractivity contribution in [2.75, 3.05) is 56.2 Å². The second-order valence-electron chi connectivity index (χ2n) is 12.8. The zero-order valence-corrected chi connectivity index (χ0v) is 26.9. The van der Waals surface area contributed by atoms with E-state index in [9.17, 15) is 23.2 Å². The monoisotopic (exact) mass is 647 g/mol. The Morgan fingerprint density at radius 3 is 2.57 bits per heavy atom. The molecule has 2 atom stereocenters. The van der Waals surface area contributed by atoms with Crippen LogP contribution in [0.25, 0.3) is 10.8 Å². The molecular formula is C35H40F3N7O2. The molecule has 248 valence electrons. The van der Waals surface area contributed by atoms with Crippen molar-refractivity contribution in [1.29, 1.82) is 5.26 Å². The molecule has 2 saturated heterocycles. The van der Waals surface area contributed by atoms with Gasteiger partial charge in [-0.2, -0.15) is 28.4 Å². The Hall–Kier alpha value is -4.37. The zero-order valence-electron chi connectivity index (χ0n) is 26.9. The number of carbonyl (C=O) groups is 1. The van der Waals surface area contributed by atoms with Gasteiger partial charge in [-0.1, -0.05) is 36.9 Å². The number of nitriles is 1. The number of ether oxygens (including phenoxy) is 1. The Morgan fingerprint density at radius 2 is 1.85 bits per heavy atom. The van der Waals surface area contributed by atoms with Crippen LogP contribution in [0, 0.1) is 18.3 Å². The van der Waals surface area contributed by atoms with Crippen molar-refractivity contribution in [3.8, 4) is 12.1 Å². The molecule has 1 aromatic heterocycles. The summed E-state index contributed by atoms with van der Waals surface area (Å²) in [6.07, 6.45) is -1.30. The number of likely N-dealkylation sites (N-methyl/N-ethyl adjacent to an activating group) is 1. The topological polar surface area (TPSA) is 88.8 Å². The van der Waals surface area contributed by atoms with Gasteiger partial charge >= 0.3 is 12.2 Å². The molecule has 1 amide bonds. The van der Waals surface area contributed by atoms with Crippen LogP contribution in [0.5, 0.6) is 6.01 Å². The number of piperazine rings is 1. The molecule has 2 fully saturated rings. The van der Waals surface area contributed by atoms with Gasteiger partial charge in [-0.25, -0.2) is 0 Å². The fourth-order valence-corrected chi connectivity index (χ4v) is 7.14. The van der Waals surface area contributed by atoms with Crippen LogP contribution in [0.3, 0.4) is 0 Å². The number of aromatic nitrogens is 2. The van der Waals surface area contributed by atoms with Crippen LogP contribution in [0.4, 0.5) is 24.7 Å². The van der Waals surface area contributed by atoms with Crippen molar-refractivity contribution in [1.82, 2.24) is 19.8 Å². The lowest BCUT2D eigenvalue weighted by molar-refractivity contribution is -0.141. The quantitative estimate of drug-likeness (QED) is 0.315. The van der Waals surface area contributed by atoms with E-state index in [4.69, 9.17) is 14.7 Å². The van der Waals surface area contributed by atoms with E-state index in [1.165, 1.54) is 16.3 Å². The number of likely N-dealkylation sites (tertiary alicyclic amines) is 1. The molecule has 0 spiro atoms. The van der Waals surface area contributed by atoms with Crippen LogP contribution in [0.2, 0.25) is 0 Å². The maximum Gasteiger partial charge on any atom is 0.421 e. The van der Waals surface area contributed by atoms with Crippen LogP contribution in [0.1, 0.15) is 42.5 Å². The van der Waals surface area contributed by atoms with E-state index in [0.29, 0.717) is 25.4 Å². The summed E-state index contributed by atoms with van der Waals surface area (Å²) in [5.41, 5.74) is 2.70. The SMILES string of the molecule is C=C(C(=O)N1CCN(c2nc(OC[C@@H]3CCCN3C)nc3c2CCCN(c2cccc4cccc(C)c24)C3)C[C@@H]1CC#N)C(F)(F)F. The van der Waals surface area contributed by atoms with Crippen LogP contribution >= 0.6 is 0 Å². The number of benzene rings is 2. The van der Waals surface area contributed by atoms with Crippen LogP contribution in [-0.4, -0.2) is 90.3 Å². The molecule has 0 N–H and O–H groups in total. The van der Waals surface area contributed by atoms with Crippen molar-refractivity contribution in [2.45, 2.75) is 63.8 Å². The minimum absolute atomic E-state index is 0.00349. The van der Waals surface area contributed by atoms with E-state index in [-0.39, 0.29) is 38.1 Å². The first kappa shape index (κ1) is 32.6. The fraction of sp³-hybridized carbons (Fsp3) is 0.486. The number of hydrogen-bond acceptors (Lipinski definition) is 8. The molecule has 9 nitrogen and oxygen atoms in total. The third-order valence-corrected chi connectivity index (χ3v) is 9.72. The van der Waals surface area contributed by atoms with Gasteiger partial charge in [0, 0.05) is 48.9 Å². The van der Waals surface area contributed by atoms with Crippen molar-refractivity contribution in [3.05, 3.63) is 65.4 Å². The van der Waals surface area contributed by atoms with Gasteiger partial charge in [-0.05, 0) is 63.2 Å². The average Bonchev–Trinajstić information content (AvgIpc) is 3.34. The Kier molecular flexibility index (Phi) is 9.28. The standard InChI is InChI=1S/C35H40F3N7O2/c1-23-8-4-9-25-10-5-13-30(31(23)25)43-17-7-12-28-29(21-43)40-34(47-22-27-11-6-16-42(27)3)41-32(28)44-18-19-45(26(20-44)14-15-39)33(46)24(2)35(36,37)38/h4-5,8-10,13,26-27H,2,6-7,11-12,14,16-22H2,1,3H3/t26-,27-/m0/s1. The van der Waals surface area contributed by atoms with E-state index < -0.39 is 23.7 Å². The number of fused-ring (bicyclic) bond motifs is 2. The van der Waals surface area contributed by atoms with Gasteiger partial charge in [0.05, 0.1) is 30.8 Å². The molecule has 12 heteroatoms. The second-order valence-corrected chi connectivity index (χ2v) is 12.8. The molecular weight excluding hydrogens is 607 g/mol. The maximum atomic E-state index is 13.4. The molecule has 4 heterocycles. The highest BCUT2D eigenvalue weighted by Gasteiger charge is 2.42. The Labute approximate surface area is 273 Å². The van der Waals surface area contributed by atoms with Gasteiger partial charge in [0.25, 0.3) is 5.91 Å². The molecule has 3 aliphatic rings. The van der Waals surface area contributed by atoms with Crippen LogP contribution in [0.15, 0.2) is 48.6 Å². The minimum Gasteiger partial charge on any atom is -0.462 e. The summed E-state index contributed by atoms with van der Waals surface area (Å²) in [7, 11) is 2.08. The lowest BCUT2D eigenvalue weighted by Gasteiger charge is -2.42. The summed E-state index contributed by atoms with van der Waals surface area (Å²) >= 11 is 0. The number of nitrogens with zero attached hydrogens (tertiary/aromatic N) is 7. The van der Waals surface area contributed by atoms with Gasteiger partial charge in [-0.15, -0.1) is 0 Å². The molecule has 0 bridgehead atoms. The van der Waals surface area contributed by atoms with E-state index in [1.54, 1.807) is 0 Å². The third-order valence-electron chi connectivity index (χ3n) is 9.72. The molecule has 0 radical (unpaired) electrons. The summed E-state index contributed by atoms with van der Waals surface area (Å²) in [6, 6.07) is 14.5. The highest BCUT2D eigenvalue weighted by atomic mass is 19.4. The first-order valence-electron chi connectivity index (χ1n) is 16.2. The maximum absolute atomic E-state index is 13.4. The van der Waals surface area contributed by atoms with Gasteiger partial charge in [0.2, 0.25) is 0 Å². The predicted octanol–water partition coefficient (Wildman–Crippen LogP) is 5.41. The van der Waals surface area contributed by atoms with Crippen LogP contribution in [-0.2, 0) is 17.8 Å². The lowest BCUT2D eigenvalue weighted by atomic mass is 10.0. The minimum atomic E-state index is -4.84. The molecule has 0 aliphatic carbocycles. The summed E-state index contributed by atoms with van der Waals surface area (Å²) < 4.78 is 46.4. The fourth-order valence-electron chi connectivity index (χ4n) is 7.14. The number of amides is 1. The second kappa shape index (κ2) is 13.4. The number of aryl methyl sites for hydroxylation is 1. The van der Waals surface area contributed by atoms with Crippen LogP contribution < -0.4 is 14.5 Å². The van der Waals surface area contributed by atoms with Crippen molar-refractivity contribution in [3.63, 3.8) is 0 Å². The van der Waals surface area contributed by atoms with Gasteiger partial charge < -0.3 is 24.3 Å². The number of rotatable bonds is 7. The first-order valence-corrected chi connectivity index (χ1v) is 16.2. The summed E-state index contributed by atoms with van der Waals surface area (Å²) in [5.74, 6) is -0.532. The molecule has 0 saturated carbocycles. The number of halogens is 3. The van der Waals surface area contributed by atoms with Gasteiger partial charge in [0.15, 0.2) is 0 Å². The average molecular weight is 648 g/mol. The van der Waals surface area contributed by atoms with E-state index in [1.807, 2.05) is 4.90 Å². The molecule has 3 aliphatic heterocycles. The predicted molar refractivity (Wildman–Crippen MR) is 174 cm³/mol. The molecule has 47 heavy (non-hydrogen) atoms. The van der Waals surface area contributed by atoms with Crippen molar-refractivity contribution >= 4 is 28.2 Å². The molecule has 2 aromatic carbocycles. The summed E-state index contributed by atoms with van der Waals surface area (Å²) in [4.78, 5) is 30.5.